The molecule has 0 amide bonds. The highest BCUT2D eigenvalue weighted by Gasteiger charge is 2.10. The first-order valence-corrected chi connectivity index (χ1v) is 5.89. The average molecular weight is 243 g/mol. The number of nitrogen functional groups attached to an aromatic ring is 1. The Hall–Kier alpha value is -2.23. The summed E-state index contributed by atoms with van der Waals surface area (Å²) in [4.78, 5) is 6.52. The van der Waals surface area contributed by atoms with Crippen molar-refractivity contribution in [2.45, 2.75) is 6.92 Å². The number of methoxy groups -OCH3 is 1. The summed E-state index contributed by atoms with van der Waals surface area (Å²) < 4.78 is 5.15. The molecule has 1 aromatic carbocycles. The molecule has 4 nitrogen and oxygen atoms in total. The van der Waals surface area contributed by atoms with Crippen molar-refractivity contribution >= 4 is 17.2 Å². The zero-order valence-electron chi connectivity index (χ0n) is 10.6. The van der Waals surface area contributed by atoms with Gasteiger partial charge in [-0.05, 0) is 31.2 Å². The second-order valence-electron chi connectivity index (χ2n) is 3.85. The molecular weight excluding hydrogens is 226 g/mol. The maximum atomic E-state index is 5.77. The third-order valence-corrected chi connectivity index (χ3v) is 2.73. The van der Waals surface area contributed by atoms with Gasteiger partial charge >= 0.3 is 0 Å². The first-order chi connectivity index (χ1) is 8.76. The highest BCUT2D eigenvalue weighted by Crippen LogP contribution is 2.27. The number of para-hydroxylation sites is 1. The van der Waals surface area contributed by atoms with E-state index in [1.165, 1.54) is 0 Å². The van der Waals surface area contributed by atoms with Gasteiger partial charge < -0.3 is 15.4 Å². The normalized spacial score (nSPS) is 10.1. The lowest BCUT2D eigenvalue weighted by Gasteiger charge is -2.22. The molecule has 0 saturated carbocycles. The van der Waals surface area contributed by atoms with Crippen molar-refractivity contribution in [1.29, 1.82) is 0 Å². The van der Waals surface area contributed by atoms with Crippen LogP contribution in [0.4, 0.5) is 17.2 Å². The molecule has 0 atom stereocenters. The standard InChI is InChI=1S/C14H17N3O/c1-3-17(11-7-5-4-6-8-11)13-10-9-12(15)14(16-13)18-2/h4-10H,3,15H2,1-2H3. The second kappa shape index (κ2) is 5.40. The van der Waals surface area contributed by atoms with Crippen LogP contribution < -0.4 is 15.4 Å². The minimum Gasteiger partial charge on any atom is -0.479 e. The molecule has 2 rings (SSSR count). The van der Waals surface area contributed by atoms with Gasteiger partial charge in [0.05, 0.1) is 12.8 Å². The molecule has 0 saturated heterocycles. The Balaban J connectivity index is 2.39. The Morgan fingerprint density at radius 2 is 1.89 bits per heavy atom. The lowest BCUT2D eigenvalue weighted by molar-refractivity contribution is 0.400. The van der Waals surface area contributed by atoms with Crippen LogP contribution in [0.2, 0.25) is 0 Å². The van der Waals surface area contributed by atoms with Gasteiger partial charge in [-0.2, -0.15) is 4.98 Å². The van der Waals surface area contributed by atoms with E-state index >= 15 is 0 Å². The van der Waals surface area contributed by atoms with Crippen LogP contribution in [0.3, 0.4) is 0 Å². The van der Waals surface area contributed by atoms with Gasteiger partial charge in [-0.1, -0.05) is 18.2 Å². The van der Waals surface area contributed by atoms with Crippen LogP contribution in [0.15, 0.2) is 42.5 Å². The average Bonchev–Trinajstić information content (AvgIpc) is 2.42. The summed E-state index contributed by atoms with van der Waals surface area (Å²) in [5, 5.41) is 0. The molecule has 0 fully saturated rings. The lowest BCUT2D eigenvalue weighted by atomic mass is 10.2. The number of nitrogens with two attached hydrogens (primary N) is 1. The van der Waals surface area contributed by atoms with Crippen LogP contribution in [-0.2, 0) is 0 Å². The first-order valence-electron chi connectivity index (χ1n) is 5.89. The third-order valence-electron chi connectivity index (χ3n) is 2.73. The van der Waals surface area contributed by atoms with Crippen molar-refractivity contribution in [2.24, 2.45) is 0 Å². The maximum absolute atomic E-state index is 5.77. The molecule has 0 radical (unpaired) electrons. The zero-order chi connectivity index (χ0) is 13.0. The molecule has 1 aromatic heterocycles. The van der Waals surface area contributed by atoms with Crippen molar-refractivity contribution in [3.05, 3.63) is 42.5 Å². The fourth-order valence-electron chi connectivity index (χ4n) is 1.84. The minimum absolute atomic E-state index is 0.460. The van der Waals surface area contributed by atoms with Crippen LogP contribution in [0.25, 0.3) is 0 Å². The molecule has 0 aliphatic heterocycles. The van der Waals surface area contributed by atoms with E-state index in [1.807, 2.05) is 42.5 Å². The van der Waals surface area contributed by atoms with Crippen molar-refractivity contribution in [3.63, 3.8) is 0 Å². The highest BCUT2D eigenvalue weighted by molar-refractivity contribution is 5.63. The first kappa shape index (κ1) is 12.2. The topological polar surface area (TPSA) is 51.4 Å². The number of hydrogen-bond acceptors (Lipinski definition) is 4. The number of pyridine rings is 1. The van der Waals surface area contributed by atoms with Crippen LogP contribution in [0.5, 0.6) is 5.88 Å². The predicted molar refractivity (Wildman–Crippen MR) is 74.3 cm³/mol. The summed E-state index contributed by atoms with van der Waals surface area (Å²) in [5.41, 5.74) is 7.42. The monoisotopic (exact) mass is 243 g/mol. The molecule has 94 valence electrons. The van der Waals surface area contributed by atoms with Crippen LogP contribution in [-0.4, -0.2) is 18.6 Å². The maximum Gasteiger partial charge on any atom is 0.238 e. The molecule has 4 heteroatoms. The van der Waals surface area contributed by atoms with Crippen molar-refractivity contribution in [2.75, 3.05) is 24.3 Å². The Morgan fingerprint density at radius 3 is 2.50 bits per heavy atom. The van der Waals surface area contributed by atoms with Crippen LogP contribution >= 0.6 is 0 Å². The van der Waals surface area contributed by atoms with E-state index in [-0.39, 0.29) is 0 Å². The number of ether oxygens (including phenoxy) is 1. The molecule has 0 bridgehead atoms. The Bertz CT molecular complexity index is 514. The van der Waals surface area contributed by atoms with Gasteiger partial charge in [-0.15, -0.1) is 0 Å². The zero-order valence-corrected chi connectivity index (χ0v) is 10.6. The Labute approximate surface area is 107 Å². The van der Waals surface area contributed by atoms with Gasteiger partial charge in [0.1, 0.15) is 5.82 Å². The number of nitrogens with zero attached hydrogens (tertiary/aromatic N) is 2. The quantitative estimate of drug-likeness (QED) is 0.897. The number of hydrogen-bond donors (Lipinski definition) is 1. The molecular formula is C14H17N3O. The van der Waals surface area contributed by atoms with Gasteiger partial charge in [0, 0.05) is 12.2 Å². The smallest absolute Gasteiger partial charge is 0.238 e. The molecule has 0 aliphatic rings. The Morgan fingerprint density at radius 1 is 1.17 bits per heavy atom. The lowest BCUT2D eigenvalue weighted by Crippen LogP contribution is -2.17. The summed E-state index contributed by atoms with van der Waals surface area (Å²) in [7, 11) is 1.57. The van der Waals surface area contributed by atoms with Crippen LogP contribution in [0.1, 0.15) is 6.92 Å². The van der Waals surface area contributed by atoms with E-state index in [0.29, 0.717) is 11.6 Å². The summed E-state index contributed by atoms with van der Waals surface area (Å²) in [6.45, 7) is 2.90. The number of benzene rings is 1. The third kappa shape index (κ3) is 2.37. The van der Waals surface area contributed by atoms with Gasteiger partial charge in [-0.25, -0.2) is 0 Å². The SMILES string of the molecule is CCN(c1ccccc1)c1ccc(N)c(OC)n1. The molecule has 2 N–H and O–H groups in total. The van der Waals surface area contributed by atoms with Gasteiger partial charge in [0.25, 0.3) is 0 Å². The largest absolute Gasteiger partial charge is 0.479 e. The molecule has 1 heterocycles. The van der Waals surface area contributed by atoms with E-state index in [9.17, 15) is 0 Å². The van der Waals surface area contributed by atoms with Crippen molar-refractivity contribution < 1.29 is 4.74 Å². The predicted octanol–water partition coefficient (Wildman–Crippen LogP) is 2.83. The minimum atomic E-state index is 0.460. The summed E-state index contributed by atoms with van der Waals surface area (Å²) in [5.74, 6) is 1.29. The van der Waals surface area contributed by atoms with Crippen LogP contribution in [0, 0.1) is 0 Å². The second-order valence-corrected chi connectivity index (χ2v) is 3.85. The molecule has 0 unspecified atom stereocenters. The van der Waals surface area contributed by atoms with E-state index in [4.69, 9.17) is 10.5 Å². The Kier molecular flexibility index (Phi) is 3.67. The van der Waals surface area contributed by atoms with E-state index in [1.54, 1.807) is 7.11 Å². The summed E-state index contributed by atoms with van der Waals surface area (Å²) in [6.07, 6.45) is 0. The number of rotatable bonds is 4. The van der Waals surface area contributed by atoms with Gasteiger partial charge in [0.2, 0.25) is 5.88 Å². The number of aromatic nitrogens is 1. The summed E-state index contributed by atoms with van der Waals surface area (Å²) >= 11 is 0. The fraction of sp³-hybridized carbons (Fsp3) is 0.214. The van der Waals surface area contributed by atoms with E-state index in [0.717, 1.165) is 18.1 Å². The summed E-state index contributed by atoms with van der Waals surface area (Å²) in [6, 6.07) is 13.8. The van der Waals surface area contributed by atoms with Crippen molar-refractivity contribution in [1.82, 2.24) is 4.98 Å². The fourth-order valence-corrected chi connectivity index (χ4v) is 1.84. The van der Waals surface area contributed by atoms with Gasteiger partial charge in [0.15, 0.2) is 0 Å². The van der Waals surface area contributed by atoms with E-state index < -0.39 is 0 Å². The molecule has 0 aliphatic carbocycles. The number of anilines is 3. The molecule has 2 aromatic rings. The van der Waals surface area contributed by atoms with Gasteiger partial charge in [-0.3, -0.25) is 0 Å². The highest BCUT2D eigenvalue weighted by atomic mass is 16.5. The molecule has 0 spiro atoms. The van der Waals surface area contributed by atoms with E-state index in [2.05, 4.69) is 16.8 Å². The van der Waals surface area contributed by atoms with Crippen molar-refractivity contribution in [3.8, 4) is 5.88 Å². The molecule has 18 heavy (non-hydrogen) atoms.